The summed E-state index contributed by atoms with van der Waals surface area (Å²) in [6.45, 7) is 4.00. The highest BCUT2D eigenvalue weighted by Gasteiger charge is 2.17. The average molecular weight is 451 g/mol. The fourth-order valence-electron chi connectivity index (χ4n) is 3.57. The molecule has 1 heterocycles. The zero-order chi connectivity index (χ0) is 22.1. The smallest absolute Gasteiger partial charge is 0.256 e. The van der Waals surface area contributed by atoms with E-state index in [4.69, 9.17) is 32.9 Å². The van der Waals surface area contributed by atoms with Gasteiger partial charge in [0, 0.05) is 10.9 Å². The number of benzene rings is 3. The molecular formula is C25H20Cl2N2O2. The molecule has 0 spiro atoms. The normalized spacial score (nSPS) is 10.9. The van der Waals surface area contributed by atoms with Crippen LogP contribution in [0.15, 0.2) is 60.7 Å². The molecular weight excluding hydrogens is 431 g/mol. The molecule has 6 heteroatoms. The van der Waals surface area contributed by atoms with Crippen molar-refractivity contribution >= 4 is 45.7 Å². The third-order valence-corrected chi connectivity index (χ3v) is 5.90. The van der Waals surface area contributed by atoms with Gasteiger partial charge in [-0.3, -0.25) is 4.79 Å². The van der Waals surface area contributed by atoms with Crippen LogP contribution in [0.4, 0.5) is 5.69 Å². The largest absolute Gasteiger partial charge is 0.497 e. The molecule has 0 bridgehead atoms. The van der Waals surface area contributed by atoms with Crippen molar-refractivity contribution in [2.45, 2.75) is 13.8 Å². The molecule has 0 radical (unpaired) electrons. The first kappa shape index (κ1) is 21.2. The number of aromatic nitrogens is 1. The fourth-order valence-corrected chi connectivity index (χ4v) is 3.92. The summed E-state index contributed by atoms with van der Waals surface area (Å²) in [6.07, 6.45) is 0. The molecule has 4 nitrogen and oxygen atoms in total. The number of carbonyl (C=O) groups excluding carboxylic acids is 1. The van der Waals surface area contributed by atoms with Gasteiger partial charge >= 0.3 is 0 Å². The SMILES string of the molecule is COc1ccc(-c2cc(C(=O)Nc3cccc(Cl)c3Cl)c3cc(C)cc(C)c3n2)cc1. The van der Waals surface area contributed by atoms with Gasteiger partial charge in [-0.25, -0.2) is 4.98 Å². The maximum atomic E-state index is 13.3. The van der Waals surface area contributed by atoms with Crippen LogP contribution >= 0.6 is 23.2 Å². The van der Waals surface area contributed by atoms with Crippen LogP contribution in [-0.4, -0.2) is 18.0 Å². The topological polar surface area (TPSA) is 51.2 Å². The standard InChI is InChI=1S/C25H20Cl2N2O2/c1-14-11-15(2)24-18(12-14)19(25(30)29-21-6-4-5-20(26)23(21)27)13-22(28-24)16-7-9-17(31-3)10-8-16/h4-13H,1-3H3,(H,29,30). The van der Waals surface area contributed by atoms with E-state index in [0.29, 0.717) is 27.0 Å². The quantitative estimate of drug-likeness (QED) is 0.361. The number of aryl methyl sites for hydroxylation is 2. The lowest BCUT2D eigenvalue weighted by Gasteiger charge is -2.14. The summed E-state index contributed by atoms with van der Waals surface area (Å²) in [5.74, 6) is 0.473. The number of methoxy groups -OCH3 is 1. The van der Waals surface area contributed by atoms with Gasteiger partial charge in [-0.2, -0.15) is 0 Å². The fraction of sp³-hybridized carbons (Fsp3) is 0.120. The van der Waals surface area contributed by atoms with Gasteiger partial charge in [-0.1, -0.05) is 40.9 Å². The Morgan fingerprint density at radius 3 is 2.45 bits per heavy atom. The Morgan fingerprint density at radius 2 is 1.74 bits per heavy atom. The number of halogens is 2. The highest BCUT2D eigenvalue weighted by Crippen LogP contribution is 2.32. The van der Waals surface area contributed by atoms with Crippen molar-refractivity contribution in [3.8, 4) is 17.0 Å². The summed E-state index contributed by atoms with van der Waals surface area (Å²) in [7, 11) is 1.62. The number of nitrogens with one attached hydrogen (secondary N) is 1. The third-order valence-electron chi connectivity index (χ3n) is 5.08. The van der Waals surface area contributed by atoms with Gasteiger partial charge in [0.05, 0.1) is 39.6 Å². The molecule has 0 unspecified atom stereocenters. The van der Waals surface area contributed by atoms with Gasteiger partial charge in [-0.05, 0) is 67.9 Å². The van der Waals surface area contributed by atoms with Crippen LogP contribution in [0.5, 0.6) is 5.75 Å². The minimum atomic E-state index is -0.281. The van der Waals surface area contributed by atoms with Crippen molar-refractivity contribution in [1.82, 2.24) is 4.98 Å². The Balaban J connectivity index is 1.87. The molecule has 0 aliphatic rings. The predicted octanol–water partition coefficient (Wildman–Crippen LogP) is 7.09. The molecule has 1 amide bonds. The molecule has 1 aromatic heterocycles. The minimum Gasteiger partial charge on any atom is -0.497 e. The van der Waals surface area contributed by atoms with E-state index in [-0.39, 0.29) is 5.91 Å². The second-order valence-corrected chi connectivity index (χ2v) is 8.10. The highest BCUT2D eigenvalue weighted by atomic mass is 35.5. The summed E-state index contributed by atoms with van der Waals surface area (Å²) in [4.78, 5) is 18.2. The Kier molecular flexibility index (Phi) is 5.86. The molecule has 0 atom stereocenters. The zero-order valence-corrected chi connectivity index (χ0v) is 18.8. The van der Waals surface area contributed by atoms with Crippen LogP contribution in [0, 0.1) is 13.8 Å². The molecule has 31 heavy (non-hydrogen) atoms. The third kappa shape index (κ3) is 4.22. The molecule has 1 N–H and O–H groups in total. The van der Waals surface area contributed by atoms with Gasteiger partial charge in [0.15, 0.2) is 0 Å². The van der Waals surface area contributed by atoms with Crippen molar-refractivity contribution in [3.05, 3.63) is 87.4 Å². The lowest BCUT2D eigenvalue weighted by atomic mass is 9.99. The van der Waals surface area contributed by atoms with E-state index in [1.807, 2.05) is 44.2 Å². The molecule has 4 aromatic rings. The summed E-state index contributed by atoms with van der Waals surface area (Å²) in [6, 6.07) is 18.6. The summed E-state index contributed by atoms with van der Waals surface area (Å²) in [5, 5.41) is 4.36. The number of ether oxygens (including phenoxy) is 1. The second kappa shape index (κ2) is 8.58. The number of pyridine rings is 1. The highest BCUT2D eigenvalue weighted by molar-refractivity contribution is 6.44. The van der Waals surface area contributed by atoms with Crippen LogP contribution in [0.25, 0.3) is 22.2 Å². The monoisotopic (exact) mass is 450 g/mol. The molecule has 4 rings (SSSR count). The van der Waals surface area contributed by atoms with Crippen LogP contribution in [0.1, 0.15) is 21.5 Å². The molecule has 0 saturated heterocycles. The first-order chi connectivity index (χ1) is 14.9. The maximum Gasteiger partial charge on any atom is 0.256 e. The molecule has 0 aliphatic heterocycles. The Labute approximate surface area is 190 Å². The van der Waals surface area contributed by atoms with Gasteiger partial charge in [-0.15, -0.1) is 0 Å². The maximum absolute atomic E-state index is 13.3. The predicted molar refractivity (Wildman–Crippen MR) is 128 cm³/mol. The number of hydrogen-bond acceptors (Lipinski definition) is 3. The van der Waals surface area contributed by atoms with Crippen molar-refractivity contribution in [2.75, 3.05) is 12.4 Å². The van der Waals surface area contributed by atoms with Crippen molar-refractivity contribution in [2.24, 2.45) is 0 Å². The lowest BCUT2D eigenvalue weighted by molar-refractivity contribution is 0.102. The van der Waals surface area contributed by atoms with E-state index in [2.05, 4.69) is 11.4 Å². The van der Waals surface area contributed by atoms with Gasteiger partial charge < -0.3 is 10.1 Å². The number of carbonyl (C=O) groups is 1. The van der Waals surface area contributed by atoms with Crippen LogP contribution in [0.3, 0.4) is 0 Å². The van der Waals surface area contributed by atoms with Gasteiger partial charge in [0.1, 0.15) is 5.75 Å². The van der Waals surface area contributed by atoms with Gasteiger partial charge in [0.25, 0.3) is 5.91 Å². The van der Waals surface area contributed by atoms with E-state index in [0.717, 1.165) is 33.3 Å². The van der Waals surface area contributed by atoms with E-state index in [1.165, 1.54) is 0 Å². The first-order valence-electron chi connectivity index (χ1n) is 9.69. The number of rotatable bonds is 4. The number of fused-ring (bicyclic) bond motifs is 1. The Morgan fingerprint density at radius 1 is 1.00 bits per heavy atom. The van der Waals surface area contributed by atoms with E-state index >= 15 is 0 Å². The molecule has 0 aliphatic carbocycles. The van der Waals surface area contributed by atoms with E-state index < -0.39 is 0 Å². The summed E-state index contributed by atoms with van der Waals surface area (Å²) >= 11 is 12.4. The summed E-state index contributed by atoms with van der Waals surface area (Å²) in [5.41, 5.74) is 5.39. The lowest BCUT2D eigenvalue weighted by Crippen LogP contribution is -2.14. The number of amides is 1. The molecule has 156 valence electrons. The summed E-state index contributed by atoms with van der Waals surface area (Å²) < 4.78 is 5.25. The van der Waals surface area contributed by atoms with E-state index in [1.54, 1.807) is 31.4 Å². The Bertz CT molecular complexity index is 1300. The van der Waals surface area contributed by atoms with Crippen molar-refractivity contribution < 1.29 is 9.53 Å². The molecule has 0 saturated carbocycles. The number of anilines is 1. The van der Waals surface area contributed by atoms with Gasteiger partial charge in [0.2, 0.25) is 0 Å². The second-order valence-electron chi connectivity index (χ2n) is 7.32. The van der Waals surface area contributed by atoms with E-state index in [9.17, 15) is 4.79 Å². The molecule has 3 aromatic carbocycles. The van der Waals surface area contributed by atoms with Crippen molar-refractivity contribution in [1.29, 1.82) is 0 Å². The average Bonchev–Trinajstić information content (AvgIpc) is 2.76. The zero-order valence-electron chi connectivity index (χ0n) is 17.3. The van der Waals surface area contributed by atoms with Crippen molar-refractivity contribution in [3.63, 3.8) is 0 Å². The van der Waals surface area contributed by atoms with Crippen LogP contribution in [-0.2, 0) is 0 Å². The van der Waals surface area contributed by atoms with Crippen LogP contribution < -0.4 is 10.1 Å². The number of hydrogen-bond donors (Lipinski definition) is 1. The van der Waals surface area contributed by atoms with Crippen LogP contribution in [0.2, 0.25) is 10.0 Å². The number of nitrogens with zero attached hydrogens (tertiary/aromatic N) is 1. The molecule has 0 fully saturated rings. The Hall–Kier alpha value is -3.08. The first-order valence-corrected chi connectivity index (χ1v) is 10.4. The minimum absolute atomic E-state index is 0.281.